The number of aliphatic imine (C=N–C) groups is 1. The molecule has 0 fully saturated rings. The molecule has 0 aliphatic heterocycles. The summed E-state index contributed by atoms with van der Waals surface area (Å²) in [4.78, 5) is 4.47. The predicted molar refractivity (Wildman–Crippen MR) is 82.7 cm³/mol. The largest absolute Gasteiger partial charge is 0.357 e. The van der Waals surface area contributed by atoms with Crippen LogP contribution in [-0.2, 0) is 0 Å². The van der Waals surface area contributed by atoms with Gasteiger partial charge in [-0.2, -0.15) is 11.8 Å². The predicted octanol–water partition coefficient (Wildman–Crippen LogP) is 2.32. The first-order chi connectivity index (χ1) is 6.70. The molecule has 0 bridgehead atoms. The number of nitrogens with one attached hydrogen (secondary N) is 2. The minimum atomic E-state index is 0. The summed E-state index contributed by atoms with van der Waals surface area (Å²) in [5.41, 5.74) is 0. The molecule has 0 radical (unpaired) electrons. The molecule has 0 aliphatic rings. The third-order valence-corrected chi connectivity index (χ3v) is 2.24. The van der Waals surface area contributed by atoms with Gasteiger partial charge in [0.25, 0.3) is 0 Å². The molecule has 0 aromatic carbocycles. The van der Waals surface area contributed by atoms with Gasteiger partial charge in [-0.05, 0) is 39.2 Å². The third-order valence-electron chi connectivity index (χ3n) is 1.55. The Morgan fingerprint density at radius 3 is 2.53 bits per heavy atom. The molecule has 0 aliphatic carbocycles. The van der Waals surface area contributed by atoms with E-state index in [1.54, 1.807) is 0 Å². The molecule has 0 unspecified atom stereocenters. The van der Waals surface area contributed by atoms with E-state index in [0.717, 1.165) is 25.5 Å². The van der Waals surface area contributed by atoms with Gasteiger partial charge in [-0.25, -0.2) is 0 Å². The first kappa shape index (κ1) is 17.7. The fraction of sp³-hybridized carbons (Fsp3) is 0.900. The Hall–Kier alpha value is 0.350. The van der Waals surface area contributed by atoms with Gasteiger partial charge in [-0.15, -0.1) is 24.0 Å². The molecule has 5 heteroatoms. The number of hydrogen-bond acceptors (Lipinski definition) is 2. The van der Waals surface area contributed by atoms with Gasteiger partial charge in [-0.3, -0.25) is 4.99 Å². The molecular formula is C10H24IN3S. The highest BCUT2D eigenvalue weighted by molar-refractivity contribution is 14.0. The topological polar surface area (TPSA) is 36.4 Å². The van der Waals surface area contributed by atoms with E-state index in [0.29, 0.717) is 6.04 Å². The lowest BCUT2D eigenvalue weighted by Crippen LogP contribution is -2.41. The summed E-state index contributed by atoms with van der Waals surface area (Å²) in [6, 6.07) is 0.438. The average molecular weight is 345 g/mol. The standard InChI is InChI=1S/C10H23N3S.HI/c1-5-11-10(13-9(2)3)12-7-6-8-14-4;/h9H,5-8H2,1-4H3,(H2,11,12,13);1H. The Kier molecular flexibility index (Phi) is 14.7. The normalized spacial score (nSPS) is 11.1. The second-order valence-electron chi connectivity index (χ2n) is 3.41. The molecule has 92 valence electrons. The molecule has 0 amide bonds. The molecule has 0 spiro atoms. The number of thioether (sulfide) groups is 1. The van der Waals surface area contributed by atoms with Gasteiger partial charge in [0.05, 0.1) is 0 Å². The van der Waals surface area contributed by atoms with Crippen LogP contribution in [0.2, 0.25) is 0 Å². The fourth-order valence-electron chi connectivity index (χ4n) is 0.993. The highest BCUT2D eigenvalue weighted by Gasteiger charge is 1.97. The van der Waals surface area contributed by atoms with Gasteiger partial charge in [-0.1, -0.05) is 0 Å². The van der Waals surface area contributed by atoms with Crippen LogP contribution in [0.1, 0.15) is 27.2 Å². The van der Waals surface area contributed by atoms with Gasteiger partial charge >= 0.3 is 0 Å². The number of nitrogens with zero attached hydrogens (tertiary/aromatic N) is 1. The fourth-order valence-corrected chi connectivity index (χ4v) is 1.41. The summed E-state index contributed by atoms with van der Waals surface area (Å²) in [7, 11) is 0. The van der Waals surface area contributed by atoms with Gasteiger partial charge in [0.2, 0.25) is 0 Å². The van der Waals surface area contributed by atoms with E-state index in [-0.39, 0.29) is 24.0 Å². The molecule has 0 saturated heterocycles. The quantitative estimate of drug-likeness (QED) is 0.336. The number of halogens is 1. The first-order valence-corrected chi connectivity index (χ1v) is 6.63. The van der Waals surface area contributed by atoms with Crippen LogP contribution in [-0.4, -0.2) is 37.1 Å². The van der Waals surface area contributed by atoms with Crippen molar-refractivity contribution in [1.29, 1.82) is 0 Å². The molecule has 0 saturated carbocycles. The third kappa shape index (κ3) is 12.3. The van der Waals surface area contributed by atoms with Crippen LogP contribution in [0.15, 0.2) is 4.99 Å². The van der Waals surface area contributed by atoms with E-state index < -0.39 is 0 Å². The Bertz CT molecular complexity index is 163. The zero-order valence-electron chi connectivity index (χ0n) is 10.2. The van der Waals surface area contributed by atoms with Crippen LogP contribution in [0.4, 0.5) is 0 Å². The number of hydrogen-bond donors (Lipinski definition) is 2. The van der Waals surface area contributed by atoms with Crippen molar-refractivity contribution in [2.24, 2.45) is 4.99 Å². The van der Waals surface area contributed by atoms with Crippen molar-refractivity contribution >= 4 is 41.7 Å². The molecule has 3 nitrogen and oxygen atoms in total. The van der Waals surface area contributed by atoms with Crippen LogP contribution < -0.4 is 10.6 Å². The molecule has 15 heavy (non-hydrogen) atoms. The molecule has 0 aromatic heterocycles. The zero-order valence-corrected chi connectivity index (χ0v) is 13.3. The lowest BCUT2D eigenvalue weighted by atomic mass is 10.4. The van der Waals surface area contributed by atoms with Crippen molar-refractivity contribution in [1.82, 2.24) is 10.6 Å². The Balaban J connectivity index is 0. The van der Waals surface area contributed by atoms with E-state index >= 15 is 0 Å². The summed E-state index contributed by atoms with van der Waals surface area (Å²) in [6.07, 6.45) is 3.27. The number of guanidine groups is 1. The van der Waals surface area contributed by atoms with Crippen LogP contribution in [0.25, 0.3) is 0 Å². The molecule has 0 rings (SSSR count). The van der Waals surface area contributed by atoms with Gasteiger partial charge < -0.3 is 10.6 Å². The lowest BCUT2D eigenvalue weighted by Gasteiger charge is -2.13. The molecular weight excluding hydrogens is 321 g/mol. The van der Waals surface area contributed by atoms with Crippen molar-refractivity contribution in [2.45, 2.75) is 33.2 Å². The monoisotopic (exact) mass is 345 g/mol. The zero-order chi connectivity index (χ0) is 10.8. The molecule has 0 atom stereocenters. The minimum Gasteiger partial charge on any atom is -0.357 e. The van der Waals surface area contributed by atoms with Crippen LogP contribution >= 0.6 is 35.7 Å². The summed E-state index contributed by atoms with van der Waals surface area (Å²) in [5.74, 6) is 2.12. The average Bonchev–Trinajstić information content (AvgIpc) is 2.12. The van der Waals surface area contributed by atoms with Crippen molar-refractivity contribution in [3.8, 4) is 0 Å². The maximum atomic E-state index is 4.47. The van der Waals surface area contributed by atoms with E-state index in [1.807, 2.05) is 11.8 Å². The van der Waals surface area contributed by atoms with Gasteiger partial charge in [0, 0.05) is 19.1 Å². The minimum absolute atomic E-state index is 0. The summed E-state index contributed by atoms with van der Waals surface area (Å²) in [5, 5.41) is 6.51. The van der Waals surface area contributed by atoms with Crippen molar-refractivity contribution in [3.63, 3.8) is 0 Å². The van der Waals surface area contributed by atoms with Crippen molar-refractivity contribution in [3.05, 3.63) is 0 Å². The van der Waals surface area contributed by atoms with Crippen LogP contribution in [0.5, 0.6) is 0 Å². The molecule has 2 N–H and O–H groups in total. The lowest BCUT2D eigenvalue weighted by molar-refractivity contribution is 0.699. The second kappa shape index (κ2) is 12.4. The smallest absolute Gasteiger partial charge is 0.191 e. The Labute approximate surface area is 115 Å². The maximum absolute atomic E-state index is 4.47. The first-order valence-electron chi connectivity index (χ1n) is 5.24. The van der Waals surface area contributed by atoms with E-state index in [1.165, 1.54) is 5.75 Å². The Morgan fingerprint density at radius 1 is 1.40 bits per heavy atom. The summed E-state index contributed by atoms with van der Waals surface area (Å²) >= 11 is 1.87. The van der Waals surface area contributed by atoms with Gasteiger partial charge in [0.15, 0.2) is 5.96 Å². The van der Waals surface area contributed by atoms with Crippen LogP contribution in [0, 0.1) is 0 Å². The molecule has 0 heterocycles. The SMILES string of the molecule is CCNC(=NCCCSC)NC(C)C.I. The number of rotatable bonds is 6. The van der Waals surface area contributed by atoms with E-state index in [4.69, 9.17) is 0 Å². The molecule has 0 aromatic rings. The Morgan fingerprint density at radius 2 is 2.07 bits per heavy atom. The van der Waals surface area contributed by atoms with Gasteiger partial charge in [0.1, 0.15) is 0 Å². The van der Waals surface area contributed by atoms with E-state index in [9.17, 15) is 0 Å². The second-order valence-corrected chi connectivity index (χ2v) is 4.39. The van der Waals surface area contributed by atoms with Crippen molar-refractivity contribution in [2.75, 3.05) is 25.1 Å². The van der Waals surface area contributed by atoms with Crippen molar-refractivity contribution < 1.29 is 0 Å². The summed E-state index contributed by atoms with van der Waals surface area (Å²) < 4.78 is 0. The van der Waals surface area contributed by atoms with Crippen LogP contribution in [0.3, 0.4) is 0 Å². The van der Waals surface area contributed by atoms with E-state index in [2.05, 4.69) is 42.7 Å². The highest BCUT2D eigenvalue weighted by Crippen LogP contribution is 1.95. The highest BCUT2D eigenvalue weighted by atomic mass is 127. The summed E-state index contributed by atoms with van der Waals surface area (Å²) in [6.45, 7) is 8.15. The maximum Gasteiger partial charge on any atom is 0.191 e.